The first-order valence-corrected chi connectivity index (χ1v) is 8.70. The second-order valence-corrected chi connectivity index (χ2v) is 6.36. The van der Waals surface area contributed by atoms with Gasteiger partial charge in [-0.25, -0.2) is 4.98 Å². The van der Waals surface area contributed by atoms with Gasteiger partial charge in [-0.1, -0.05) is 0 Å². The van der Waals surface area contributed by atoms with Crippen LogP contribution in [0.15, 0.2) is 18.9 Å². The summed E-state index contributed by atoms with van der Waals surface area (Å²) in [6, 6.07) is -0.454. The number of hydrogen-bond donors (Lipinski definition) is 4. The van der Waals surface area contributed by atoms with Crippen molar-refractivity contribution in [2.45, 2.75) is 44.9 Å². The van der Waals surface area contributed by atoms with E-state index >= 15 is 0 Å². The van der Waals surface area contributed by atoms with E-state index in [1.165, 1.54) is 12.5 Å². The number of carbonyl (C=O) groups is 2. The number of H-pyrrole nitrogens is 1. The highest BCUT2D eigenvalue weighted by Gasteiger charge is 2.37. The number of nitrogens with one attached hydrogen (secondary N) is 3. The summed E-state index contributed by atoms with van der Waals surface area (Å²) in [5.74, 6) is 0.0291. The lowest BCUT2D eigenvalue weighted by atomic mass is 10.1. The van der Waals surface area contributed by atoms with E-state index in [0.717, 1.165) is 12.4 Å². The summed E-state index contributed by atoms with van der Waals surface area (Å²) in [6.07, 6.45) is 5.06. The minimum absolute atomic E-state index is 0.120. The van der Waals surface area contributed by atoms with Gasteiger partial charge in [-0.3, -0.25) is 9.59 Å². The van der Waals surface area contributed by atoms with E-state index in [4.69, 9.17) is 0 Å². The third-order valence-electron chi connectivity index (χ3n) is 4.64. The van der Waals surface area contributed by atoms with Crippen LogP contribution < -0.4 is 10.6 Å². The maximum atomic E-state index is 12.3. The summed E-state index contributed by atoms with van der Waals surface area (Å²) in [6.45, 7) is 3.24. The summed E-state index contributed by atoms with van der Waals surface area (Å²) in [5.41, 5.74) is 0.324. The number of aromatic amines is 1. The lowest BCUT2D eigenvalue weighted by Gasteiger charge is -2.15. The molecule has 3 atom stereocenters. The predicted octanol–water partition coefficient (Wildman–Crippen LogP) is -0.751. The molecule has 1 aliphatic carbocycles. The number of imidazole rings is 1. The van der Waals surface area contributed by atoms with Crippen molar-refractivity contribution in [1.82, 2.24) is 35.4 Å². The molecule has 2 aromatic rings. The maximum Gasteiger partial charge on any atom is 0.269 e. The number of aromatic nitrogens is 5. The van der Waals surface area contributed by atoms with Crippen molar-refractivity contribution in [1.29, 1.82) is 0 Å². The Morgan fingerprint density at radius 3 is 3.00 bits per heavy atom. The van der Waals surface area contributed by atoms with Crippen LogP contribution in [0.25, 0.3) is 0 Å². The molecule has 0 spiro atoms. The molecular formula is C16H23N7O3. The fourth-order valence-corrected chi connectivity index (χ4v) is 3.19. The monoisotopic (exact) mass is 361 g/mol. The van der Waals surface area contributed by atoms with Gasteiger partial charge in [0.25, 0.3) is 5.91 Å². The number of aliphatic hydroxyl groups excluding tert-OH is 1. The zero-order valence-electron chi connectivity index (χ0n) is 14.6. The highest BCUT2D eigenvalue weighted by molar-refractivity contribution is 5.92. The Hall–Kier alpha value is -2.75. The van der Waals surface area contributed by atoms with Crippen LogP contribution >= 0.6 is 0 Å². The average Bonchev–Trinajstić information content (AvgIpc) is 3.36. The van der Waals surface area contributed by atoms with Crippen LogP contribution in [0.1, 0.15) is 36.1 Å². The molecule has 0 saturated heterocycles. The van der Waals surface area contributed by atoms with Crippen molar-refractivity contribution in [2.75, 3.05) is 6.54 Å². The van der Waals surface area contributed by atoms with E-state index in [9.17, 15) is 14.7 Å². The van der Waals surface area contributed by atoms with Crippen LogP contribution in [0.3, 0.4) is 0 Å². The van der Waals surface area contributed by atoms with Gasteiger partial charge >= 0.3 is 0 Å². The normalized spacial score (nSPS) is 22.3. The molecule has 1 saturated carbocycles. The third-order valence-corrected chi connectivity index (χ3v) is 4.64. The van der Waals surface area contributed by atoms with E-state index in [1.807, 2.05) is 11.5 Å². The zero-order chi connectivity index (χ0) is 18.5. The Labute approximate surface area is 150 Å². The number of carbonyl (C=O) groups excluding carboxylic acids is 2. The molecule has 2 aromatic heterocycles. The van der Waals surface area contributed by atoms with Crippen molar-refractivity contribution in [3.05, 3.63) is 30.4 Å². The van der Waals surface area contributed by atoms with E-state index in [-0.39, 0.29) is 17.7 Å². The topological polar surface area (TPSA) is 138 Å². The first-order chi connectivity index (χ1) is 12.6. The van der Waals surface area contributed by atoms with Crippen LogP contribution in [-0.4, -0.2) is 60.3 Å². The summed E-state index contributed by atoms with van der Waals surface area (Å²) >= 11 is 0. The molecule has 2 amide bonds. The number of nitrogens with zero attached hydrogens (tertiary/aromatic N) is 4. The highest BCUT2D eigenvalue weighted by atomic mass is 16.3. The summed E-state index contributed by atoms with van der Waals surface area (Å²) in [5, 5.41) is 23.7. The summed E-state index contributed by atoms with van der Waals surface area (Å²) < 4.78 is 1.92. The molecule has 10 heteroatoms. The molecule has 4 N–H and O–H groups in total. The van der Waals surface area contributed by atoms with Crippen molar-refractivity contribution < 1.29 is 14.7 Å². The molecule has 140 valence electrons. The van der Waals surface area contributed by atoms with Crippen molar-refractivity contribution >= 4 is 11.8 Å². The Morgan fingerprint density at radius 1 is 1.42 bits per heavy atom. The first-order valence-electron chi connectivity index (χ1n) is 8.70. The molecular weight excluding hydrogens is 338 g/mol. The fourth-order valence-electron chi connectivity index (χ4n) is 3.19. The fraction of sp³-hybridized carbons (Fsp3) is 0.562. The quantitative estimate of drug-likeness (QED) is 0.512. The van der Waals surface area contributed by atoms with Crippen LogP contribution in [0.2, 0.25) is 0 Å². The second kappa shape index (κ2) is 8.09. The molecule has 2 heterocycles. The molecule has 0 aliphatic heterocycles. The molecule has 3 rings (SSSR count). The number of rotatable bonds is 7. The van der Waals surface area contributed by atoms with Gasteiger partial charge in [-0.2, -0.15) is 0 Å². The number of hydrogen-bond acceptors (Lipinski definition) is 6. The largest absolute Gasteiger partial charge is 0.391 e. The standard InChI is InChI=1S/C16H23N7O3/c1-2-23-9-20-22-14(23)3-4-18-15(25)10-5-11(13(24)6-10)21-16(26)12-7-17-8-19-12/h7-11,13,24H,2-6H2,1H3,(H,17,19)(H,18,25)(H,21,26)/t10-,11-,13-/m0/s1. The molecule has 1 fully saturated rings. The molecule has 0 radical (unpaired) electrons. The Bertz CT molecular complexity index is 743. The van der Waals surface area contributed by atoms with Crippen molar-refractivity contribution in [3.63, 3.8) is 0 Å². The van der Waals surface area contributed by atoms with Gasteiger partial charge in [0, 0.05) is 25.4 Å². The van der Waals surface area contributed by atoms with Gasteiger partial charge in [0.1, 0.15) is 17.8 Å². The minimum atomic E-state index is -0.749. The van der Waals surface area contributed by atoms with Gasteiger partial charge in [0.15, 0.2) is 0 Å². The average molecular weight is 361 g/mol. The van der Waals surface area contributed by atoms with Gasteiger partial charge < -0.3 is 25.3 Å². The molecule has 0 bridgehead atoms. The SMILES string of the molecule is CCn1cnnc1CCNC(=O)[C@H]1C[C@H](NC(=O)c2cnc[nH]2)[C@@H](O)C1. The Kier molecular flexibility index (Phi) is 5.61. The third kappa shape index (κ3) is 4.07. The lowest BCUT2D eigenvalue weighted by molar-refractivity contribution is -0.125. The number of aliphatic hydroxyl groups is 1. The molecule has 1 aliphatic rings. The Balaban J connectivity index is 1.46. The van der Waals surface area contributed by atoms with E-state index < -0.39 is 12.1 Å². The van der Waals surface area contributed by atoms with Crippen LogP contribution in [0.4, 0.5) is 0 Å². The molecule has 0 unspecified atom stereocenters. The van der Waals surface area contributed by atoms with Crippen LogP contribution in [0.5, 0.6) is 0 Å². The van der Waals surface area contributed by atoms with E-state index in [1.54, 1.807) is 6.33 Å². The van der Waals surface area contributed by atoms with Gasteiger partial charge in [-0.15, -0.1) is 10.2 Å². The first kappa shape index (κ1) is 18.1. The van der Waals surface area contributed by atoms with E-state index in [0.29, 0.717) is 31.5 Å². The summed E-state index contributed by atoms with van der Waals surface area (Å²) in [7, 11) is 0. The summed E-state index contributed by atoms with van der Waals surface area (Å²) in [4.78, 5) is 30.9. The van der Waals surface area contributed by atoms with Gasteiger partial charge in [-0.05, 0) is 19.8 Å². The van der Waals surface area contributed by atoms with Gasteiger partial charge in [0.05, 0.1) is 24.7 Å². The predicted molar refractivity (Wildman–Crippen MR) is 91.0 cm³/mol. The van der Waals surface area contributed by atoms with E-state index in [2.05, 4.69) is 30.8 Å². The second-order valence-electron chi connectivity index (χ2n) is 6.36. The minimum Gasteiger partial charge on any atom is -0.391 e. The zero-order valence-corrected chi connectivity index (χ0v) is 14.6. The lowest BCUT2D eigenvalue weighted by Crippen LogP contribution is -2.40. The van der Waals surface area contributed by atoms with Crippen molar-refractivity contribution in [2.24, 2.45) is 5.92 Å². The molecule has 10 nitrogen and oxygen atoms in total. The van der Waals surface area contributed by atoms with Crippen molar-refractivity contribution in [3.8, 4) is 0 Å². The number of amides is 2. The highest BCUT2D eigenvalue weighted by Crippen LogP contribution is 2.26. The van der Waals surface area contributed by atoms with Crippen LogP contribution in [-0.2, 0) is 17.8 Å². The smallest absolute Gasteiger partial charge is 0.269 e. The maximum absolute atomic E-state index is 12.3. The van der Waals surface area contributed by atoms with Gasteiger partial charge in [0.2, 0.25) is 5.91 Å². The number of aryl methyl sites for hydroxylation is 1. The Morgan fingerprint density at radius 2 is 2.27 bits per heavy atom. The van der Waals surface area contributed by atoms with Crippen LogP contribution in [0, 0.1) is 5.92 Å². The molecule has 0 aromatic carbocycles. The molecule has 26 heavy (non-hydrogen) atoms.